The standard InChI is InChI=1S/C14H28N2/c1-14(2)8-6-13(11-14)15-12-5-4-9-16(3)10-7-12/h12-13,15H,4-11H2,1-3H3. The van der Waals surface area contributed by atoms with Gasteiger partial charge in [-0.25, -0.2) is 0 Å². The Balaban J connectivity index is 1.77. The van der Waals surface area contributed by atoms with Crippen molar-refractivity contribution in [2.75, 3.05) is 20.1 Å². The maximum absolute atomic E-state index is 3.91. The van der Waals surface area contributed by atoms with Gasteiger partial charge in [0.25, 0.3) is 0 Å². The van der Waals surface area contributed by atoms with E-state index in [1.165, 1.54) is 51.6 Å². The minimum absolute atomic E-state index is 0.583. The molecule has 2 unspecified atom stereocenters. The summed E-state index contributed by atoms with van der Waals surface area (Å²) in [6.45, 7) is 7.38. The molecule has 0 bridgehead atoms. The molecule has 0 aromatic carbocycles. The fourth-order valence-electron chi connectivity index (χ4n) is 3.32. The third-order valence-corrected chi connectivity index (χ3v) is 4.39. The predicted molar refractivity (Wildman–Crippen MR) is 69.7 cm³/mol. The normalized spacial score (nSPS) is 36.2. The van der Waals surface area contributed by atoms with Crippen molar-refractivity contribution in [1.82, 2.24) is 10.2 Å². The Hall–Kier alpha value is -0.0800. The van der Waals surface area contributed by atoms with E-state index >= 15 is 0 Å². The maximum Gasteiger partial charge on any atom is 0.00823 e. The smallest absolute Gasteiger partial charge is 0.00823 e. The fraction of sp³-hybridized carbons (Fsp3) is 1.00. The van der Waals surface area contributed by atoms with Crippen LogP contribution in [0.15, 0.2) is 0 Å². The zero-order valence-electron chi connectivity index (χ0n) is 11.3. The van der Waals surface area contributed by atoms with E-state index < -0.39 is 0 Å². The SMILES string of the molecule is CN1CCCC(NC2CCC(C)(C)C2)CC1. The number of hydrogen-bond acceptors (Lipinski definition) is 2. The van der Waals surface area contributed by atoms with Gasteiger partial charge in [-0.2, -0.15) is 0 Å². The van der Waals surface area contributed by atoms with Crippen LogP contribution >= 0.6 is 0 Å². The highest BCUT2D eigenvalue weighted by Gasteiger charge is 2.31. The second-order valence-corrected chi connectivity index (χ2v) is 6.70. The summed E-state index contributed by atoms with van der Waals surface area (Å²) in [7, 11) is 2.25. The summed E-state index contributed by atoms with van der Waals surface area (Å²) in [6, 6.07) is 1.58. The molecule has 2 atom stereocenters. The first-order chi connectivity index (χ1) is 7.55. The summed E-state index contributed by atoms with van der Waals surface area (Å²) in [5.74, 6) is 0. The van der Waals surface area contributed by atoms with Crippen LogP contribution in [0.5, 0.6) is 0 Å². The van der Waals surface area contributed by atoms with Crippen LogP contribution in [0.4, 0.5) is 0 Å². The Morgan fingerprint density at radius 2 is 1.88 bits per heavy atom. The topological polar surface area (TPSA) is 15.3 Å². The van der Waals surface area contributed by atoms with E-state index in [1.807, 2.05) is 0 Å². The van der Waals surface area contributed by atoms with Crippen LogP contribution in [0.25, 0.3) is 0 Å². The molecule has 1 heterocycles. The molecule has 1 saturated carbocycles. The molecule has 2 fully saturated rings. The van der Waals surface area contributed by atoms with Crippen molar-refractivity contribution in [2.45, 2.75) is 64.5 Å². The van der Waals surface area contributed by atoms with Crippen molar-refractivity contribution in [2.24, 2.45) is 5.41 Å². The first-order valence-electron chi connectivity index (χ1n) is 7.00. The minimum Gasteiger partial charge on any atom is -0.311 e. The van der Waals surface area contributed by atoms with Gasteiger partial charge in [-0.1, -0.05) is 13.8 Å². The van der Waals surface area contributed by atoms with Gasteiger partial charge < -0.3 is 10.2 Å². The van der Waals surface area contributed by atoms with E-state index in [4.69, 9.17) is 0 Å². The van der Waals surface area contributed by atoms with Crippen molar-refractivity contribution in [3.63, 3.8) is 0 Å². The number of hydrogen-bond donors (Lipinski definition) is 1. The fourth-order valence-corrected chi connectivity index (χ4v) is 3.32. The van der Waals surface area contributed by atoms with Gasteiger partial charge in [-0.05, 0) is 64.1 Å². The van der Waals surface area contributed by atoms with Gasteiger partial charge >= 0.3 is 0 Å². The number of nitrogens with zero attached hydrogens (tertiary/aromatic N) is 1. The molecule has 0 spiro atoms. The van der Waals surface area contributed by atoms with E-state index in [2.05, 4.69) is 31.1 Å². The van der Waals surface area contributed by atoms with Gasteiger partial charge in [0.05, 0.1) is 0 Å². The van der Waals surface area contributed by atoms with Gasteiger partial charge in [0.1, 0.15) is 0 Å². The number of likely N-dealkylation sites (tertiary alicyclic amines) is 1. The Labute approximate surface area is 101 Å². The maximum atomic E-state index is 3.91. The van der Waals surface area contributed by atoms with Crippen LogP contribution in [-0.2, 0) is 0 Å². The third kappa shape index (κ3) is 3.46. The van der Waals surface area contributed by atoms with E-state index in [-0.39, 0.29) is 0 Å². The lowest BCUT2D eigenvalue weighted by atomic mass is 9.91. The molecule has 2 rings (SSSR count). The molecular formula is C14H28N2. The van der Waals surface area contributed by atoms with Crippen LogP contribution in [0.3, 0.4) is 0 Å². The molecule has 2 heteroatoms. The van der Waals surface area contributed by atoms with Crippen molar-refractivity contribution in [3.8, 4) is 0 Å². The summed E-state index contributed by atoms with van der Waals surface area (Å²) in [5.41, 5.74) is 0.583. The van der Waals surface area contributed by atoms with Gasteiger partial charge in [0.15, 0.2) is 0 Å². The van der Waals surface area contributed by atoms with Crippen LogP contribution in [0, 0.1) is 5.41 Å². The summed E-state index contributed by atoms with van der Waals surface area (Å²) in [6.07, 6.45) is 8.24. The monoisotopic (exact) mass is 224 g/mol. The number of rotatable bonds is 2. The van der Waals surface area contributed by atoms with Crippen LogP contribution in [0.2, 0.25) is 0 Å². The molecule has 1 saturated heterocycles. The largest absolute Gasteiger partial charge is 0.311 e. The highest BCUT2D eigenvalue weighted by Crippen LogP contribution is 2.37. The lowest BCUT2D eigenvalue weighted by Crippen LogP contribution is -2.37. The average Bonchev–Trinajstić information content (AvgIpc) is 2.41. The zero-order chi connectivity index (χ0) is 11.6. The highest BCUT2D eigenvalue weighted by atomic mass is 15.1. The summed E-state index contributed by atoms with van der Waals surface area (Å²) in [4.78, 5) is 2.47. The van der Waals surface area contributed by atoms with Gasteiger partial charge in [-0.3, -0.25) is 0 Å². The summed E-state index contributed by atoms with van der Waals surface area (Å²) >= 11 is 0. The van der Waals surface area contributed by atoms with Crippen LogP contribution in [0.1, 0.15) is 52.4 Å². The zero-order valence-corrected chi connectivity index (χ0v) is 11.3. The van der Waals surface area contributed by atoms with Crippen LogP contribution in [-0.4, -0.2) is 37.1 Å². The molecule has 1 aliphatic heterocycles. The summed E-state index contributed by atoms with van der Waals surface area (Å²) in [5, 5.41) is 3.91. The molecule has 0 aromatic rings. The number of nitrogens with one attached hydrogen (secondary N) is 1. The van der Waals surface area contributed by atoms with E-state index in [1.54, 1.807) is 0 Å². The van der Waals surface area contributed by atoms with Crippen molar-refractivity contribution >= 4 is 0 Å². The van der Waals surface area contributed by atoms with Gasteiger partial charge in [0.2, 0.25) is 0 Å². The second kappa shape index (κ2) is 5.05. The van der Waals surface area contributed by atoms with Crippen molar-refractivity contribution < 1.29 is 0 Å². The molecule has 16 heavy (non-hydrogen) atoms. The quantitative estimate of drug-likeness (QED) is 0.776. The Morgan fingerprint density at radius 3 is 2.56 bits per heavy atom. The molecule has 1 aliphatic carbocycles. The van der Waals surface area contributed by atoms with Crippen molar-refractivity contribution in [3.05, 3.63) is 0 Å². The molecule has 0 radical (unpaired) electrons. The molecule has 2 aliphatic rings. The Kier molecular flexibility index (Phi) is 3.91. The lowest BCUT2D eigenvalue weighted by Gasteiger charge is -2.23. The van der Waals surface area contributed by atoms with E-state index in [0.717, 1.165) is 12.1 Å². The van der Waals surface area contributed by atoms with Gasteiger partial charge in [-0.15, -0.1) is 0 Å². The molecule has 2 nitrogen and oxygen atoms in total. The minimum atomic E-state index is 0.583. The molecule has 1 N–H and O–H groups in total. The Bertz CT molecular complexity index is 225. The predicted octanol–water partition coefficient (Wildman–Crippen LogP) is 2.64. The Morgan fingerprint density at radius 1 is 1.06 bits per heavy atom. The lowest BCUT2D eigenvalue weighted by molar-refractivity contribution is 0.328. The van der Waals surface area contributed by atoms with Crippen molar-refractivity contribution in [1.29, 1.82) is 0 Å². The molecule has 0 aromatic heterocycles. The average molecular weight is 224 g/mol. The first-order valence-corrected chi connectivity index (χ1v) is 7.00. The molecule has 0 amide bonds. The summed E-state index contributed by atoms with van der Waals surface area (Å²) < 4.78 is 0. The third-order valence-electron chi connectivity index (χ3n) is 4.39. The first kappa shape index (κ1) is 12.4. The van der Waals surface area contributed by atoms with Crippen LogP contribution < -0.4 is 5.32 Å². The second-order valence-electron chi connectivity index (χ2n) is 6.70. The van der Waals surface area contributed by atoms with E-state index in [9.17, 15) is 0 Å². The highest BCUT2D eigenvalue weighted by molar-refractivity contribution is 4.88. The van der Waals surface area contributed by atoms with E-state index in [0.29, 0.717) is 5.41 Å². The molecular weight excluding hydrogens is 196 g/mol. The molecule has 94 valence electrons. The van der Waals surface area contributed by atoms with Gasteiger partial charge in [0, 0.05) is 12.1 Å².